The van der Waals surface area contributed by atoms with Crippen LogP contribution >= 0.6 is 11.3 Å². The SMILES string of the molecule is N#CC(C#N)=C1c2cc(OC(F)(F)F)c(OC(F)(F)F)cc2-c2c1sc1c2-c2cc(OC(F)(F)F)c(OC(F)(F)F)cc2/C1=C(\C#N)C1CC1. The number of nitriles is 3. The maximum Gasteiger partial charge on any atom is 0.573 e. The Morgan fingerprint density at radius 3 is 1.20 bits per heavy atom. The van der Waals surface area contributed by atoms with Crippen LogP contribution in [0.2, 0.25) is 0 Å². The van der Waals surface area contributed by atoms with Crippen molar-refractivity contribution in [2.75, 3.05) is 0 Å². The molecule has 20 heteroatoms. The number of alkyl halides is 12. The van der Waals surface area contributed by atoms with Crippen molar-refractivity contribution < 1.29 is 71.6 Å². The Morgan fingerprint density at radius 2 is 0.880 bits per heavy atom. The summed E-state index contributed by atoms with van der Waals surface area (Å²) in [5.41, 5.74) is -3.17. The first-order valence-corrected chi connectivity index (χ1v) is 14.2. The number of ether oxygens (including phenoxy) is 4. The fraction of sp³-hybridized carbons (Fsp3) is 0.233. The van der Waals surface area contributed by atoms with E-state index in [0.717, 1.165) is 0 Å². The molecule has 258 valence electrons. The van der Waals surface area contributed by atoms with Gasteiger partial charge in [0.25, 0.3) is 0 Å². The van der Waals surface area contributed by atoms with E-state index in [4.69, 9.17) is 0 Å². The molecule has 0 N–H and O–H groups in total. The average Bonchev–Trinajstić information content (AvgIpc) is 3.58. The molecule has 1 fully saturated rings. The van der Waals surface area contributed by atoms with Crippen LogP contribution in [0.1, 0.15) is 33.7 Å². The molecule has 0 saturated heterocycles. The summed E-state index contributed by atoms with van der Waals surface area (Å²) in [6.07, 6.45) is -21.4. The molecule has 1 saturated carbocycles. The van der Waals surface area contributed by atoms with E-state index in [0.29, 0.717) is 48.4 Å². The van der Waals surface area contributed by atoms with Gasteiger partial charge in [-0.3, -0.25) is 0 Å². The Labute approximate surface area is 274 Å². The van der Waals surface area contributed by atoms with E-state index in [9.17, 15) is 68.5 Å². The molecule has 2 aromatic carbocycles. The molecule has 0 amide bonds. The fourth-order valence-electron chi connectivity index (χ4n) is 5.68. The highest BCUT2D eigenvalue weighted by atomic mass is 32.1. The van der Waals surface area contributed by atoms with Crippen molar-refractivity contribution >= 4 is 22.5 Å². The van der Waals surface area contributed by atoms with Crippen LogP contribution < -0.4 is 18.9 Å². The van der Waals surface area contributed by atoms with Crippen molar-refractivity contribution in [2.24, 2.45) is 5.92 Å². The van der Waals surface area contributed by atoms with Crippen LogP contribution in [0.4, 0.5) is 52.7 Å². The minimum Gasteiger partial charge on any atom is -0.402 e. The Morgan fingerprint density at radius 1 is 0.540 bits per heavy atom. The van der Waals surface area contributed by atoms with E-state index < -0.39 is 76.6 Å². The van der Waals surface area contributed by atoms with Gasteiger partial charge in [-0.2, -0.15) is 15.8 Å². The summed E-state index contributed by atoms with van der Waals surface area (Å²) in [7, 11) is 0. The number of fused-ring (bicyclic) bond motifs is 7. The van der Waals surface area contributed by atoms with Crippen molar-refractivity contribution in [1.82, 2.24) is 0 Å². The van der Waals surface area contributed by atoms with Crippen molar-refractivity contribution in [3.63, 3.8) is 0 Å². The second kappa shape index (κ2) is 11.2. The van der Waals surface area contributed by atoms with Gasteiger partial charge in [0.1, 0.15) is 17.7 Å². The first-order valence-electron chi connectivity index (χ1n) is 13.4. The van der Waals surface area contributed by atoms with Crippen molar-refractivity contribution in [3.8, 4) is 63.5 Å². The van der Waals surface area contributed by atoms with Crippen LogP contribution in [0.3, 0.4) is 0 Å². The number of nitrogens with zero attached hydrogens (tertiary/aromatic N) is 3. The molecule has 0 atom stereocenters. The second-order valence-electron chi connectivity index (χ2n) is 10.5. The maximum atomic E-state index is 13.4. The van der Waals surface area contributed by atoms with Gasteiger partial charge in [0, 0.05) is 37.6 Å². The van der Waals surface area contributed by atoms with Crippen LogP contribution in [0.25, 0.3) is 33.4 Å². The lowest BCUT2D eigenvalue weighted by atomic mass is 9.97. The van der Waals surface area contributed by atoms with Crippen molar-refractivity contribution in [1.29, 1.82) is 15.8 Å². The zero-order valence-electron chi connectivity index (χ0n) is 23.7. The summed E-state index contributed by atoms with van der Waals surface area (Å²) in [6, 6.07) is 6.91. The maximum absolute atomic E-state index is 13.4. The number of hydrogen-bond acceptors (Lipinski definition) is 8. The monoisotopic (exact) mass is 735 g/mol. The van der Waals surface area contributed by atoms with Gasteiger partial charge in [-0.15, -0.1) is 64.0 Å². The van der Waals surface area contributed by atoms with Gasteiger partial charge < -0.3 is 18.9 Å². The van der Waals surface area contributed by atoms with E-state index >= 15 is 0 Å². The van der Waals surface area contributed by atoms with Crippen LogP contribution in [0.15, 0.2) is 35.4 Å². The Bertz CT molecular complexity index is 2150. The zero-order valence-corrected chi connectivity index (χ0v) is 24.5. The Balaban J connectivity index is 1.74. The van der Waals surface area contributed by atoms with Gasteiger partial charge in [0.15, 0.2) is 23.0 Å². The molecule has 0 radical (unpaired) electrons. The molecule has 3 aliphatic rings. The van der Waals surface area contributed by atoms with Gasteiger partial charge in [-0.05, 0) is 65.3 Å². The molecule has 1 aromatic heterocycles. The molecule has 1 heterocycles. The van der Waals surface area contributed by atoms with E-state index in [1.165, 1.54) is 12.1 Å². The number of benzene rings is 2. The highest BCUT2D eigenvalue weighted by Gasteiger charge is 2.45. The zero-order chi connectivity index (χ0) is 36.7. The fourth-order valence-corrected chi connectivity index (χ4v) is 7.15. The first kappa shape index (κ1) is 34.3. The van der Waals surface area contributed by atoms with Crippen LogP contribution in [0.5, 0.6) is 23.0 Å². The van der Waals surface area contributed by atoms with E-state index in [1.54, 1.807) is 0 Å². The summed E-state index contributed by atoms with van der Waals surface area (Å²) >= 11 is 0.643. The highest BCUT2D eigenvalue weighted by Crippen LogP contribution is 2.64. The topological polar surface area (TPSA) is 108 Å². The summed E-state index contributed by atoms with van der Waals surface area (Å²) in [4.78, 5) is -0.154. The predicted molar refractivity (Wildman–Crippen MR) is 144 cm³/mol. The molecule has 6 rings (SSSR count). The summed E-state index contributed by atoms with van der Waals surface area (Å²) in [5, 5.41) is 29.6. The lowest BCUT2D eigenvalue weighted by Crippen LogP contribution is -2.21. The number of rotatable bonds is 5. The largest absolute Gasteiger partial charge is 0.573 e. The number of allylic oxidation sites excluding steroid dienone is 2. The third kappa shape index (κ3) is 6.32. The van der Waals surface area contributed by atoms with Gasteiger partial charge in [-0.25, -0.2) is 0 Å². The Kier molecular flexibility index (Phi) is 7.72. The molecule has 50 heavy (non-hydrogen) atoms. The number of halogens is 12. The first-order chi connectivity index (χ1) is 23.1. The number of hydrogen-bond donors (Lipinski definition) is 0. The summed E-state index contributed by atoms with van der Waals surface area (Å²) in [6.45, 7) is 0. The van der Waals surface area contributed by atoms with E-state index in [-0.39, 0.29) is 43.2 Å². The molecule has 0 bridgehead atoms. The van der Waals surface area contributed by atoms with Gasteiger partial charge >= 0.3 is 25.4 Å². The smallest absolute Gasteiger partial charge is 0.402 e. The molecular formula is C30H9F12N3O4S. The highest BCUT2D eigenvalue weighted by molar-refractivity contribution is 7.16. The number of thiophene rings is 1. The third-order valence-corrected chi connectivity index (χ3v) is 8.58. The molecule has 0 aliphatic heterocycles. The van der Waals surface area contributed by atoms with Crippen LogP contribution in [-0.2, 0) is 0 Å². The van der Waals surface area contributed by atoms with Gasteiger partial charge in [0.05, 0.1) is 6.07 Å². The van der Waals surface area contributed by atoms with Crippen LogP contribution in [0, 0.1) is 39.9 Å². The normalized spacial score (nSPS) is 15.9. The minimum atomic E-state index is -5.59. The minimum absolute atomic E-state index is 0.0112. The third-order valence-electron chi connectivity index (χ3n) is 7.36. The van der Waals surface area contributed by atoms with Crippen molar-refractivity contribution in [3.05, 3.63) is 56.3 Å². The predicted octanol–water partition coefficient (Wildman–Crippen LogP) is 9.89. The second-order valence-corrected chi connectivity index (χ2v) is 11.6. The van der Waals surface area contributed by atoms with Crippen LogP contribution in [-0.4, -0.2) is 25.4 Å². The summed E-state index contributed by atoms with van der Waals surface area (Å²) in [5.74, 6) is -6.50. The molecule has 0 spiro atoms. The average molecular weight is 735 g/mol. The quantitative estimate of drug-likeness (QED) is 0.131. The van der Waals surface area contributed by atoms with Gasteiger partial charge in [-0.1, -0.05) is 0 Å². The molecule has 3 aliphatic carbocycles. The Hall–Kier alpha value is -5.55. The molecule has 3 aromatic rings. The van der Waals surface area contributed by atoms with Gasteiger partial charge in [0.2, 0.25) is 0 Å². The lowest BCUT2D eigenvalue weighted by molar-refractivity contribution is -0.287. The molecule has 0 unspecified atom stereocenters. The van der Waals surface area contributed by atoms with E-state index in [1.807, 2.05) is 6.07 Å². The summed E-state index contributed by atoms with van der Waals surface area (Å²) < 4.78 is 175. The standard InChI is InChI=1S/C30H9F12N3O4S/c31-27(32,33)46-17-3-12-14(5-19(17)48-29(37,38)39)23-24-15-6-20(49-30(40,41)42)18(47-28(34,35)36)4-13(15)22(16(9-45)10-1-2-10)26(24)50-25(23)21(12)11(7-43)8-44/h3-6,10H,1-2H2/b22-16-. The lowest BCUT2D eigenvalue weighted by Gasteiger charge is -2.18. The molecular weight excluding hydrogens is 726 g/mol. The molecule has 7 nitrogen and oxygen atoms in total. The van der Waals surface area contributed by atoms with Crippen molar-refractivity contribution in [2.45, 2.75) is 38.3 Å². The van der Waals surface area contributed by atoms with E-state index in [2.05, 4.69) is 18.9 Å².